The van der Waals surface area contributed by atoms with Crippen LogP contribution in [0.15, 0.2) is 5.03 Å². The van der Waals surface area contributed by atoms with E-state index in [4.69, 9.17) is 10.4 Å². The zero-order valence-electron chi connectivity index (χ0n) is 10.8. The van der Waals surface area contributed by atoms with E-state index in [-0.39, 0.29) is 5.92 Å². The molecule has 5 nitrogen and oxygen atoms in total. The fourth-order valence-corrected chi connectivity index (χ4v) is 2.41. The number of carboxylic acid groups (broad SMARTS) is 1. The van der Waals surface area contributed by atoms with Crippen LogP contribution in [0, 0.1) is 31.1 Å². The quantitative estimate of drug-likeness (QED) is 0.839. The van der Waals surface area contributed by atoms with Gasteiger partial charge in [0, 0.05) is 0 Å². The lowest BCUT2D eigenvalue weighted by atomic mass is 10.1. The van der Waals surface area contributed by atoms with E-state index < -0.39 is 11.2 Å². The van der Waals surface area contributed by atoms with Crippen LogP contribution in [-0.4, -0.2) is 26.5 Å². The Morgan fingerprint density at radius 1 is 1.39 bits per heavy atom. The van der Waals surface area contributed by atoms with Crippen molar-refractivity contribution in [2.45, 2.75) is 38.0 Å². The Balaban J connectivity index is 3.16. The molecule has 0 aliphatic heterocycles. The van der Waals surface area contributed by atoms with Gasteiger partial charge in [-0.3, -0.25) is 4.79 Å². The van der Waals surface area contributed by atoms with Gasteiger partial charge in [0.2, 0.25) is 0 Å². The number of rotatable bonds is 4. The van der Waals surface area contributed by atoms with Crippen molar-refractivity contribution in [1.82, 2.24) is 10.2 Å². The number of thioether (sulfide) groups is 1. The maximum absolute atomic E-state index is 11.1. The molecule has 1 aromatic heterocycles. The molecule has 1 N–H and O–H groups in total. The highest BCUT2D eigenvalue weighted by Crippen LogP contribution is 2.30. The predicted octanol–water partition coefficient (Wildman–Crippen LogP) is 2.17. The molecule has 1 unspecified atom stereocenters. The lowest BCUT2D eigenvalue weighted by Crippen LogP contribution is -2.23. The summed E-state index contributed by atoms with van der Waals surface area (Å²) in [5, 5.41) is 25.9. The number of hydrogen-bond donors (Lipinski definition) is 1. The second kappa shape index (κ2) is 5.83. The van der Waals surface area contributed by atoms with Gasteiger partial charge in [-0.2, -0.15) is 10.4 Å². The molecule has 1 aromatic rings. The average Bonchev–Trinajstić information content (AvgIpc) is 2.29. The van der Waals surface area contributed by atoms with Gasteiger partial charge in [0.1, 0.15) is 16.3 Å². The Bertz CT molecular complexity index is 509. The van der Waals surface area contributed by atoms with Gasteiger partial charge in [0.05, 0.1) is 11.3 Å². The van der Waals surface area contributed by atoms with Crippen molar-refractivity contribution in [3.8, 4) is 6.07 Å². The molecule has 18 heavy (non-hydrogen) atoms. The molecule has 1 heterocycles. The summed E-state index contributed by atoms with van der Waals surface area (Å²) in [5.74, 6) is -0.957. The number of hydrogen-bond acceptors (Lipinski definition) is 5. The molecule has 1 atom stereocenters. The Hall–Kier alpha value is -1.61. The molecule has 0 amide bonds. The topological polar surface area (TPSA) is 86.9 Å². The third kappa shape index (κ3) is 2.99. The molecule has 6 heteroatoms. The molecule has 0 radical (unpaired) electrons. The van der Waals surface area contributed by atoms with Crippen LogP contribution in [0.25, 0.3) is 0 Å². The number of carboxylic acids is 1. The Kier molecular flexibility index (Phi) is 4.68. The van der Waals surface area contributed by atoms with E-state index in [1.54, 1.807) is 13.8 Å². The third-order valence-electron chi connectivity index (χ3n) is 2.62. The molecule has 0 aliphatic carbocycles. The van der Waals surface area contributed by atoms with Crippen LogP contribution in [0.4, 0.5) is 0 Å². The molecule has 0 fully saturated rings. The van der Waals surface area contributed by atoms with Crippen molar-refractivity contribution >= 4 is 17.7 Å². The lowest BCUT2D eigenvalue weighted by Gasteiger charge is -2.16. The first-order valence-corrected chi connectivity index (χ1v) is 6.39. The van der Waals surface area contributed by atoms with E-state index in [9.17, 15) is 4.79 Å². The predicted molar refractivity (Wildman–Crippen MR) is 68.3 cm³/mol. The van der Waals surface area contributed by atoms with Gasteiger partial charge in [-0.15, -0.1) is 5.10 Å². The fourth-order valence-electron chi connectivity index (χ4n) is 1.39. The average molecular weight is 265 g/mol. The highest BCUT2D eigenvalue weighted by atomic mass is 32.2. The van der Waals surface area contributed by atoms with Gasteiger partial charge < -0.3 is 5.11 Å². The van der Waals surface area contributed by atoms with E-state index in [0.29, 0.717) is 16.3 Å². The standard InChI is InChI=1S/C12H15N3O2S/c1-6(2)10(12(16)17)18-11-9(5-13)7(3)8(4)14-15-11/h6,10H,1-4H3,(H,16,17). The van der Waals surface area contributed by atoms with E-state index in [2.05, 4.69) is 16.3 Å². The Morgan fingerprint density at radius 3 is 2.44 bits per heavy atom. The summed E-state index contributed by atoms with van der Waals surface area (Å²) in [4.78, 5) is 11.1. The van der Waals surface area contributed by atoms with Crippen LogP contribution < -0.4 is 0 Å². The van der Waals surface area contributed by atoms with E-state index >= 15 is 0 Å². The number of nitriles is 1. The summed E-state index contributed by atoms with van der Waals surface area (Å²) >= 11 is 1.08. The first-order valence-electron chi connectivity index (χ1n) is 5.52. The van der Waals surface area contributed by atoms with Gasteiger partial charge in [-0.25, -0.2) is 0 Å². The second-order valence-corrected chi connectivity index (χ2v) is 5.45. The summed E-state index contributed by atoms with van der Waals surface area (Å²) in [6.07, 6.45) is 0. The maximum Gasteiger partial charge on any atom is 0.317 e. The molecule has 0 saturated carbocycles. The number of aryl methyl sites for hydroxylation is 1. The number of carbonyl (C=O) groups is 1. The SMILES string of the molecule is Cc1nnc(SC(C(=O)O)C(C)C)c(C#N)c1C. The number of nitrogens with zero attached hydrogens (tertiary/aromatic N) is 3. The highest BCUT2D eigenvalue weighted by Gasteiger charge is 2.25. The van der Waals surface area contributed by atoms with Crippen LogP contribution in [-0.2, 0) is 4.79 Å². The minimum Gasteiger partial charge on any atom is -0.480 e. The van der Waals surface area contributed by atoms with Gasteiger partial charge in [0.15, 0.2) is 0 Å². The smallest absolute Gasteiger partial charge is 0.317 e. The minimum absolute atomic E-state index is 0.0533. The van der Waals surface area contributed by atoms with Crippen LogP contribution in [0.2, 0.25) is 0 Å². The molecule has 0 aliphatic rings. The van der Waals surface area contributed by atoms with E-state index in [0.717, 1.165) is 17.3 Å². The monoisotopic (exact) mass is 265 g/mol. The molecule has 0 spiro atoms. The molecule has 0 aromatic carbocycles. The van der Waals surface area contributed by atoms with Crippen LogP contribution >= 0.6 is 11.8 Å². The van der Waals surface area contributed by atoms with Gasteiger partial charge in [0.25, 0.3) is 0 Å². The van der Waals surface area contributed by atoms with Gasteiger partial charge >= 0.3 is 5.97 Å². The van der Waals surface area contributed by atoms with E-state index in [1.807, 2.05) is 13.8 Å². The molecule has 0 bridgehead atoms. The normalized spacial score (nSPS) is 12.2. The fraction of sp³-hybridized carbons (Fsp3) is 0.500. The lowest BCUT2D eigenvalue weighted by molar-refractivity contribution is -0.137. The summed E-state index contributed by atoms with van der Waals surface area (Å²) < 4.78 is 0. The summed E-state index contributed by atoms with van der Waals surface area (Å²) in [6, 6.07) is 2.07. The van der Waals surface area contributed by atoms with Crippen molar-refractivity contribution in [3.05, 3.63) is 16.8 Å². The number of aromatic nitrogens is 2. The first kappa shape index (κ1) is 14.5. The summed E-state index contributed by atoms with van der Waals surface area (Å²) in [7, 11) is 0. The number of aliphatic carboxylic acids is 1. The molecule has 1 rings (SSSR count). The van der Waals surface area contributed by atoms with Gasteiger partial charge in [-0.05, 0) is 25.3 Å². The Morgan fingerprint density at radius 2 is 2.00 bits per heavy atom. The van der Waals surface area contributed by atoms with Crippen molar-refractivity contribution < 1.29 is 9.90 Å². The van der Waals surface area contributed by atoms with Crippen molar-refractivity contribution in [1.29, 1.82) is 5.26 Å². The first-order chi connectivity index (χ1) is 8.38. The van der Waals surface area contributed by atoms with Crippen molar-refractivity contribution in [2.75, 3.05) is 0 Å². The van der Waals surface area contributed by atoms with Crippen LogP contribution in [0.3, 0.4) is 0 Å². The summed E-state index contributed by atoms with van der Waals surface area (Å²) in [5.41, 5.74) is 1.86. The van der Waals surface area contributed by atoms with Crippen LogP contribution in [0.5, 0.6) is 0 Å². The molecular weight excluding hydrogens is 250 g/mol. The molecule has 0 saturated heterocycles. The highest BCUT2D eigenvalue weighted by molar-refractivity contribution is 8.00. The zero-order valence-corrected chi connectivity index (χ0v) is 11.6. The minimum atomic E-state index is -0.904. The second-order valence-electron chi connectivity index (χ2n) is 4.32. The van der Waals surface area contributed by atoms with E-state index in [1.165, 1.54) is 0 Å². The van der Waals surface area contributed by atoms with Crippen molar-refractivity contribution in [3.63, 3.8) is 0 Å². The van der Waals surface area contributed by atoms with Crippen molar-refractivity contribution in [2.24, 2.45) is 5.92 Å². The molecule has 96 valence electrons. The Labute approximate surface area is 110 Å². The van der Waals surface area contributed by atoms with Crippen LogP contribution in [0.1, 0.15) is 30.7 Å². The maximum atomic E-state index is 11.1. The largest absolute Gasteiger partial charge is 0.480 e. The summed E-state index contributed by atoms with van der Waals surface area (Å²) in [6.45, 7) is 7.21. The van der Waals surface area contributed by atoms with Gasteiger partial charge in [-0.1, -0.05) is 25.6 Å². The zero-order chi connectivity index (χ0) is 13.9. The molecular formula is C12H15N3O2S. The third-order valence-corrected chi connectivity index (χ3v) is 4.13.